The van der Waals surface area contributed by atoms with Gasteiger partial charge in [0.05, 0.1) is 23.6 Å². The van der Waals surface area contributed by atoms with Gasteiger partial charge in [-0.2, -0.15) is 32.1 Å². The van der Waals surface area contributed by atoms with Crippen molar-refractivity contribution in [3.63, 3.8) is 0 Å². The molecule has 1 aliphatic rings. The van der Waals surface area contributed by atoms with E-state index in [4.69, 9.17) is 5.73 Å². The molecule has 0 saturated heterocycles. The number of carbonyl (C=O) groups is 1. The number of hydrogen-bond donors (Lipinski definition) is 3. The van der Waals surface area contributed by atoms with E-state index in [9.17, 15) is 40.3 Å². The number of nitrogens with zero attached hydrogens (tertiary/aromatic N) is 5. The fourth-order valence-electron chi connectivity index (χ4n) is 5.86. The number of alkyl halides is 5. The Hall–Kier alpha value is -5.22. The van der Waals surface area contributed by atoms with E-state index >= 15 is 0 Å². The Balaban J connectivity index is 0.00000136. The molecule has 1 atom stereocenters. The monoisotopic (exact) mass is 708 g/mol. The largest absolute Gasteiger partial charge is 0.435 e. The number of aryl methyl sites for hydroxylation is 1. The first-order valence-electron chi connectivity index (χ1n) is 15.7. The Labute approximate surface area is 281 Å². The molecule has 0 radical (unpaired) electrons. The Morgan fingerprint density at radius 3 is 2.36 bits per heavy atom. The second-order valence-corrected chi connectivity index (χ2v) is 10.9. The van der Waals surface area contributed by atoms with Gasteiger partial charge in [-0.3, -0.25) is 14.5 Å². The molecule has 0 bridgehead atoms. The molecule has 268 valence electrons. The summed E-state index contributed by atoms with van der Waals surface area (Å²) >= 11 is 0. The first kappa shape index (κ1) is 37.6. The van der Waals surface area contributed by atoms with Crippen molar-refractivity contribution in [1.82, 2.24) is 34.7 Å². The summed E-state index contributed by atoms with van der Waals surface area (Å²) in [5.41, 5.74) is 4.04. The number of rotatable bonds is 7. The van der Waals surface area contributed by atoms with Gasteiger partial charge in [0.2, 0.25) is 5.91 Å². The normalized spacial score (nSPS) is 13.9. The maximum Gasteiger partial charge on any atom is 0.435 e. The molecule has 10 nitrogen and oxygen atoms in total. The van der Waals surface area contributed by atoms with Gasteiger partial charge in [-0.1, -0.05) is 27.7 Å². The predicted molar refractivity (Wildman–Crippen MR) is 171 cm³/mol. The number of nitrogens with one attached hydrogen (secondary N) is 2. The van der Waals surface area contributed by atoms with E-state index in [1.165, 1.54) is 22.7 Å². The van der Waals surface area contributed by atoms with E-state index in [-0.39, 0.29) is 23.4 Å². The summed E-state index contributed by atoms with van der Waals surface area (Å²) in [7, 11) is 0. The maximum atomic E-state index is 14.7. The van der Waals surface area contributed by atoms with Crippen LogP contribution in [-0.2, 0) is 36.3 Å². The number of carbonyl (C=O) groups excluding carboxylic acids is 1. The van der Waals surface area contributed by atoms with Crippen LogP contribution in [0.1, 0.15) is 74.1 Å². The van der Waals surface area contributed by atoms with Crippen LogP contribution in [0.2, 0.25) is 0 Å². The van der Waals surface area contributed by atoms with Crippen molar-refractivity contribution < 1.29 is 35.5 Å². The quantitative estimate of drug-likeness (QED) is 0.162. The standard InChI is InChI=1S/C29H23F7N8O2.2C2H6/c1-13-18(2-3-22-40-41-27(46)44(13)22)20-10-17(37)11-38-24(20)21(8-14-6-15(30)9-16(31)7-14)39-23(45)12-43-26-19(4-5-28(26,32)33)25(42-43)29(34,35)36;2*1-2/h2-3,6-7,9-11,21H,4-5,8,12,37H2,1H3,(H,39,45)(H,41,46);2*1-2H3. The minimum Gasteiger partial charge on any atom is -0.397 e. The number of benzene rings is 1. The number of halogens is 7. The fourth-order valence-corrected chi connectivity index (χ4v) is 5.86. The molecule has 5 aromatic rings. The van der Waals surface area contributed by atoms with Gasteiger partial charge in [0.1, 0.15) is 23.9 Å². The number of nitrogens with two attached hydrogens (primary N) is 1. The third-order valence-electron chi connectivity index (χ3n) is 7.73. The summed E-state index contributed by atoms with van der Waals surface area (Å²) in [6, 6.07) is 6.06. The molecule has 1 amide bonds. The van der Waals surface area contributed by atoms with Gasteiger partial charge in [-0.05, 0) is 55.7 Å². The molecule has 4 N–H and O–H groups in total. The van der Waals surface area contributed by atoms with Crippen LogP contribution < -0.4 is 16.7 Å². The minimum atomic E-state index is -5.03. The van der Waals surface area contributed by atoms with Gasteiger partial charge in [0, 0.05) is 34.9 Å². The smallest absolute Gasteiger partial charge is 0.397 e. The number of hydrogen-bond acceptors (Lipinski definition) is 6. The molecule has 1 unspecified atom stereocenters. The summed E-state index contributed by atoms with van der Waals surface area (Å²) in [6.07, 6.45) is -5.53. The van der Waals surface area contributed by atoms with Crippen molar-refractivity contribution >= 4 is 17.2 Å². The highest BCUT2D eigenvalue weighted by Gasteiger charge is 2.50. The van der Waals surface area contributed by atoms with E-state index in [0.717, 1.165) is 12.1 Å². The minimum absolute atomic E-state index is 0.0662. The van der Waals surface area contributed by atoms with Crippen LogP contribution in [0.5, 0.6) is 0 Å². The van der Waals surface area contributed by atoms with Crippen molar-refractivity contribution in [2.24, 2.45) is 0 Å². The summed E-state index contributed by atoms with van der Waals surface area (Å²) in [6.45, 7) is 8.58. The number of nitrogen functional groups attached to an aromatic ring is 1. The number of pyridine rings is 2. The molecule has 1 aromatic carbocycles. The lowest BCUT2D eigenvalue weighted by molar-refractivity contribution is -0.142. The van der Waals surface area contributed by atoms with Crippen LogP contribution in [0.25, 0.3) is 16.8 Å². The van der Waals surface area contributed by atoms with Crippen molar-refractivity contribution in [3.05, 3.63) is 98.6 Å². The Morgan fingerprint density at radius 2 is 1.72 bits per heavy atom. The average Bonchev–Trinajstić information content (AvgIpc) is 3.72. The van der Waals surface area contributed by atoms with E-state index in [2.05, 4.69) is 25.6 Å². The summed E-state index contributed by atoms with van der Waals surface area (Å²) in [4.78, 5) is 30.2. The predicted octanol–water partition coefficient (Wildman–Crippen LogP) is 6.66. The van der Waals surface area contributed by atoms with Crippen LogP contribution in [0.15, 0.2) is 47.4 Å². The maximum absolute atomic E-state index is 14.7. The van der Waals surface area contributed by atoms with E-state index in [0.29, 0.717) is 33.2 Å². The molecule has 1 aliphatic carbocycles. The molecule has 17 heteroatoms. The fraction of sp³-hybridized carbons (Fsp3) is 0.364. The zero-order chi connectivity index (χ0) is 37.1. The van der Waals surface area contributed by atoms with Crippen molar-refractivity contribution in [1.29, 1.82) is 0 Å². The van der Waals surface area contributed by atoms with Crippen molar-refractivity contribution in [3.8, 4) is 11.1 Å². The number of amides is 1. The molecule has 6 rings (SSSR count). The average molecular weight is 709 g/mol. The van der Waals surface area contributed by atoms with Crippen LogP contribution in [0.3, 0.4) is 0 Å². The topological polar surface area (TPSA) is 136 Å². The third-order valence-corrected chi connectivity index (χ3v) is 7.73. The highest BCUT2D eigenvalue weighted by molar-refractivity contribution is 5.78. The molecule has 0 saturated carbocycles. The first-order chi connectivity index (χ1) is 23.6. The highest BCUT2D eigenvalue weighted by atomic mass is 19.4. The SMILES string of the molecule is CC.CC.Cc1c(-c2cc(N)cnc2C(Cc2cc(F)cc(F)c2)NC(=O)Cn2nc(C(F)(F)F)c3c2C(F)(F)CC3)ccc2n[nH]c(=O)n12. The molecule has 0 spiro atoms. The zero-order valence-corrected chi connectivity index (χ0v) is 27.7. The summed E-state index contributed by atoms with van der Waals surface area (Å²) in [5.74, 6) is -6.52. The molecule has 0 fully saturated rings. The van der Waals surface area contributed by atoms with E-state index < -0.39 is 77.7 Å². The van der Waals surface area contributed by atoms with Crippen LogP contribution in [-0.4, -0.2) is 35.3 Å². The summed E-state index contributed by atoms with van der Waals surface area (Å²) in [5, 5.41) is 12.1. The molecule has 4 aromatic heterocycles. The van der Waals surface area contributed by atoms with E-state index in [1.807, 2.05) is 27.7 Å². The van der Waals surface area contributed by atoms with Crippen LogP contribution in [0.4, 0.5) is 36.4 Å². The summed E-state index contributed by atoms with van der Waals surface area (Å²) < 4.78 is 100. The van der Waals surface area contributed by atoms with Crippen molar-refractivity contribution in [2.45, 2.75) is 78.6 Å². The van der Waals surface area contributed by atoms with Crippen molar-refractivity contribution in [2.75, 3.05) is 5.73 Å². The van der Waals surface area contributed by atoms with Crippen LogP contribution in [0, 0.1) is 18.6 Å². The lowest BCUT2D eigenvalue weighted by Crippen LogP contribution is -2.35. The molecule has 4 heterocycles. The Bertz CT molecular complexity index is 2050. The van der Waals surface area contributed by atoms with Gasteiger partial charge in [-0.15, -0.1) is 0 Å². The Kier molecular flexibility index (Phi) is 11.1. The van der Waals surface area contributed by atoms with Gasteiger partial charge in [0.25, 0.3) is 5.92 Å². The molecule has 0 aliphatic heterocycles. The lowest BCUT2D eigenvalue weighted by Gasteiger charge is -2.23. The molecular weight excluding hydrogens is 673 g/mol. The number of aromatic amines is 1. The number of anilines is 1. The second kappa shape index (κ2) is 14.7. The molecular formula is C33H35F7N8O2. The highest BCUT2D eigenvalue weighted by Crippen LogP contribution is 2.46. The second-order valence-electron chi connectivity index (χ2n) is 10.9. The number of H-pyrrole nitrogens is 1. The number of aromatic nitrogens is 6. The van der Waals surface area contributed by atoms with Gasteiger partial charge in [-0.25, -0.2) is 23.1 Å². The zero-order valence-electron chi connectivity index (χ0n) is 27.7. The van der Waals surface area contributed by atoms with Gasteiger partial charge < -0.3 is 11.1 Å². The van der Waals surface area contributed by atoms with Crippen LogP contribution >= 0.6 is 0 Å². The van der Waals surface area contributed by atoms with E-state index in [1.54, 1.807) is 13.0 Å². The van der Waals surface area contributed by atoms with Gasteiger partial charge >= 0.3 is 11.9 Å². The first-order valence-corrected chi connectivity index (χ1v) is 15.7. The third kappa shape index (κ3) is 7.50. The van der Waals surface area contributed by atoms with Gasteiger partial charge in [0.15, 0.2) is 11.3 Å². The molecule has 50 heavy (non-hydrogen) atoms. The number of fused-ring (bicyclic) bond motifs is 2. The Morgan fingerprint density at radius 1 is 1.06 bits per heavy atom. The lowest BCUT2D eigenvalue weighted by atomic mass is 9.94.